The Bertz CT molecular complexity index is 1700. The van der Waals surface area contributed by atoms with Gasteiger partial charge in [0.1, 0.15) is 30.4 Å². The summed E-state index contributed by atoms with van der Waals surface area (Å²) in [4.78, 5) is 14.6. The molecule has 3 aromatic heterocycles. The van der Waals surface area contributed by atoms with Crippen molar-refractivity contribution in [3.05, 3.63) is 97.1 Å². The van der Waals surface area contributed by atoms with Gasteiger partial charge in [0.25, 0.3) is 0 Å². The molecule has 6 rings (SSSR count). The third-order valence-electron chi connectivity index (χ3n) is 5.77. The van der Waals surface area contributed by atoms with Crippen LogP contribution in [0.3, 0.4) is 0 Å². The average Bonchev–Trinajstić information content (AvgIpc) is 3.25. The number of nitrogens with two attached hydrogens (primary N) is 1. The molecule has 2 radical (unpaired) electrons. The van der Waals surface area contributed by atoms with Crippen molar-refractivity contribution in [3.63, 3.8) is 0 Å². The summed E-state index contributed by atoms with van der Waals surface area (Å²) in [6.07, 6.45) is 3.37. The Balaban J connectivity index is 1.53. The minimum Gasteiger partial charge on any atom is -0.382 e. The highest BCUT2D eigenvalue weighted by Crippen LogP contribution is 2.37. The molecule has 3 heterocycles. The summed E-state index contributed by atoms with van der Waals surface area (Å²) in [5.74, 6) is -0.183. The van der Waals surface area contributed by atoms with E-state index in [1.165, 1.54) is 11.8 Å². The van der Waals surface area contributed by atoms with E-state index in [4.69, 9.17) is 18.6 Å². The maximum Gasteiger partial charge on any atom is 0.178 e. The molecule has 0 aliphatic rings. The van der Waals surface area contributed by atoms with Gasteiger partial charge in [-0.25, -0.2) is 19.3 Å². The van der Waals surface area contributed by atoms with E-state index in [0.29, 0.717) is 38.5 Å². The fourth-order valence-corrected chi connectivity index (χ4v) is 4.91. The number of aromatic nitrogens is 4. The van der Waals surface area contributed by atoms with Gasteiger partial charge in [-0.05, 0) is 24.3 Å². The van der Waals surface area contributed by atoms with Crippen molar-refractivity contribution >= 4 is 47.3 Å². The molecule has 0 spiro atoms. The molecule has 0 unspecified atom stereocenters. The Morgan fingerprint density at radius 1 is 0.886 bits per heavy atom. The quantitative estimate of drug-likeness (QED) is 0.353. The van der Waals surface area contributed by atoms with Crippen LogP contribution in [-0.2, 0) is 0 Å². The second kappa shape index (κ2) is 8.56. The van der Waals surface area contributed by atoms with Crippen molar-refractivity contribution in [2.24, 2.45) is 0 Å². The van der Waals surface area contributed by atoms with Crippen LogP contribution in [0.25, 0.3) is 38.9 Å². The SMILES string of the molecule is [B]c1ccc(Sc2nc(-c3ccc4ccc(-c5ccccc5)nc4c3F)c3c(N)nccn23)cc1. The highest BCUT2D eigenvalue weighted by molar-refractivity contribution is 7.99. The Hall–Kier alpha value is -4.17. The summed E-state index contributed by atoms with van der Waals surface area (Å²) in [6.45, 7) is 0. The highest BCUT2D eigenvalue weighted by atomic mass is 32.2. The summed E-state index contributed by atoms with van der Waals surface area (Å²) in [7, 11) is 5.82. The fraction of sp³-hybridized carbons (Fsp3) is 0. The van der Waals surface area contributed by atoms with Gasteiger partial charge in [0.05, 0.1) is 5.69 Å². The second-order valence-electron chi connectivity index (χ2n) is 8.01. The summed E-state index contributed by atoms with van der Waals surface area (Å²) in [6, 6.07) is 24.5. The van der Waals surface area contributed by atoms with Crippen LogP contribution in [-0.4, -0.2) is 27.2 Å². The molecular formula is C27H17BFN5S. The molecule has 5 nitrogen and oxygen atoms in total. The molecule has 0 amide bonds. The first kappa shape index (κ1) is 21.4. The molecule has 0 saturated heterocycles. The van der Waals surface area contributed by atoms with Crippen LogP contribution in [0, 0.1) is 5.82 Å². The van der Waals surface area contributed by atoms with Gasteiger partial charge in [0, 0.05) is 33.8 Å². The van der Waals surface area contributed by atoms with Crippen LogP contribution in [0.1, 0.15) is 0 Å². The lowest BCUT2D eigenvalue weighted by Crippen LogP contribution is -1.99. The smallest absolute Gasteiger partial charge is 0.178 e. The van der Waals surface area contributed by atoms with E-state index in [1.807, 2.05) is 77.2 Å². The van der Waals surface area contributed by atoms with Gasteiger partial charge in [-0.2, -0.15) is 0 Å². The number of fused-ring (bicyclic) bond motifs is 2. The number of nitrogen functional groups attached to an aromatic ring is 1. The minimum absolute atomic E-state index is 0.268. The molecule has 0 aliphatic carbocycles. The standard InChI is InChI=1S/C27H17BFN5S/c28-18-8-10-19(11-9-18)35-27-33-24(25-26(30)31-14-15-34(25)27)20-12-6-17-7-13-21(32-23(17)22(20)29)16-4-2-1-3-5-16/h1-15H,(H2,30,31). The van der Waals surface area contributed by atoms with Crippen LogP contribution >= 0.6 is 11.8 Å². The van der Waals surface area contributed by atoms with Crippen LogP contribution in [0.4, 0.5) is 10.2 Å². The van der Waals surface area contributed by atoms with Crippen LogP contribution in [0.2, 0.25) is 0 Å². The molecule has 166 valence electrons. The van der Waals surface area contributed by atoms with E-state index in [-0.39, 0.29) is 11.3 Å². The van der Waals surface area contributed by atoms with E-state index in [1.54, 1.807) is 18.5 Å². The molecule has 3 aromatic carbocycles. The number of pyridine rings is 1. The van der Waals surface area contributed by atoms with Crippen molar-refractivity contribution in [2.45, 2.75) is 10.1 Å². The Kier molecular flexibility index (Phi) is 5.23. The number of hydrogen-bond donors (Lipinski definition) is 1. The van der Waals surface area contributed by atoms with Crippen molar-refractivity contribution in [2.75, 3.05) is 5.73 Å². The molecule has 0 bridgehead atoms. The monoisotopic (exact) mass is 473 g/mol. The molecule has 8 heteroatoms. The van der Waals surface area contributed by atoms with Gasteiger partial charge in [-0.15, -0.1) is 0 Å². The van der Waals surface area contributed by atoms with E-state index in [2.05, 4.69) is 9.97 Å². The van der Waals surface area contributed by atoms with E-state index >= 15 is 4.39 Å². The molecule has 0 saturated carbocycles. The maximum absolute atomic E-state index is 16.0. The molecule has 6 aromatic rings. The zero-order chi connectivity index (χ0) is 23.9. The normalized spacial score (nSPS) is 11.3. The highest BCUT2D eigenvalue weighted by Gasteiger charge is 2.21. The number of rotatable bonds is 4. The zero-order valence-corrected chi connectivity index (χ0v) is 19.2. The Morgan fingerprint density at radius 3 is 2.46 bits per heavy atom. The van der Waals surface area contributed by atoms with Gasteiger partial charge in [0.15, 0.2) is 11.0 Å². The van der Waals surface area contributed by atoms with Crippen molar-refractivity contribution < 1.29 is 4.39 Å². The van der Waals surface area contributed by atoms with Crippen LogP contribution in [0.5, 0.6) is 0 Å². The maximum atomic E-state index is 16.0. The number of anilines is 1. The van der Waals surface area contributed by atoms with Gasteiger partial charge >= 0.3 is 0 Å². The second-order valence-corrected chi connectivity index (χ2v) is 9.05. The van der Waals surface area contributed by atoms with Crippen molar-refractivity contribution in [1.29, 1.82) is 0 Å². The van der Waals surface area contributed by atoms with Crippen LogP contribution < -0.4 is 11.2 Å². The molecular weight excluding hydrogens is 456 g/mol. The van der Waals surface area contributed by atoms with Crippen LogP contribution in [0.15, 0.2) is 101 Å². The van der Waals surface area contributed by atoms with Gasteiger partial charge in [0.2, 0.25) is 0 Å². The third-order valence-corrected chi connectivity index (χ3v) is 6.74. The lowest BCUT2D eigenvalue weighted by atomic mass is 9.97. The topological polar surface area (TPSA) is 69.1 Å². The molecule has 0 atom stereocenters. The lowest BCUT2D eigenvalue weighted by molar-refractivity contribution is 0.640. The number of hydrogen-bond acceptors (Lipinski definition) is 5. The predicted octanol–water partition coefficient (Wildman–Crippen LogP) is 5.28. The van der Waals surface area contributed by atoms with Crippen molar-refractivity contribution in [3.8, 4) is 22.5 Å². The minimum atomic E-state index is -0.451. The van der Waals surface area contributed by atoms with Gasteiger partial charge in [-0.1, -0.05) is 71.8 Å². The molecule has 0 fully saturated rings. The molecule has 2 N–H and O–H groups in total. The Morgan fingerprint density at radius 2 is 1.66 bits per heavy atom. The third kappa shape index (κ3) is 3.82. The first-order valence-corrected chi connectivity index (χ1v) is 11.7. The first-order chi connectivity index (χ1) is 17.1. The summed E-state index contributed by atoms with van der Waals surface area (Å²) in [5.41, 5.74) is 10.1. The largest absolute Gasteiger partial charge is 0.382 e. The summed E-state index contributed by atoms with van der Waals surface area (Å²) < 4.78 is 17.8. The summed E-state index contributed by atoms with van der Waals surface area (Å²) >= 11 is 1.43. The number of imidazole rings is 1. The molecule has 0 aliphatic heterocycles. The number of nitrogens with zero attached hydrogens (tertiary/aromatic N) is 4. The predicted molar refractivity (Wildman–Crippen MR) is 139 cm³/mol. The lowest BCUT2D eigenvalue weighted by Gasteiger charge is -2.08. The summed E-state index contributed by atoms with van der Waals surface area (Å²) in [5, 5.41) is 1.34. The average molecular weight is 473 g/mol. The van der Waals surface area contributed by atoms with Crippen molar-refractivity contribution in [1.82, 2.24) is 19.4 Å². The first-order valence-electron chi connectivity index (χ1n) is 10.9. The number of benzene rings is 3. The fourth-order valence-electron chi connectivity index (χ4n) is 4.04. The number of halogens is 1. The molecule has 35 heavy (non-hydrogen) atoms. The zero-order valence-electron chi connectivity index (χ0n) is 18.4. The Labute approximate surface area is 206 Å². The van der Waals surface area contributed by atoms with E-state index < -0.39 is 5.82 Å². The van der Waals surface area contributed by atoms with E-state index in [9.17, 15) is 0 Å². The van der Waals surface area contributed by atoms with Gasteiger partial charge < -0.3 is 5.73 Å². The van der Waals surface area contributed by atoms with Gasteiger partial charge in [-0.3, -0.25) is 4.40 Å². The van der Waals surface area contributed by atoms with E-state index in [0.717, 1.165) is 10.5 Å².